The minimum Gasteiger partial charge on any atom is -0.444 e. The lowest BCUT2D eigenvalue weighted by Gasteiger charge is -2.69. The SMILES string of the molecule is CC(C)(C)OC(=O)NC12CC(n3cc(CN4CC[C@H](OC(F)(F)F)C4)cn3)(C1)C2. The van der Waals surface area contributed by atoms with Crippen LogP contribution in [0.5, 0.6) is 0 Å². The molecule has 29 heavy (non-hydrogen) atoms. The first kappa shape index (κ1) is 20.5. The van der Waals surface area contributed by atoms with Crippen LogP contribution in [0.15, 0.2) is 12.4 Å². The molecule has 0 radical (unpaired) electrons. The second-order valence-corrected chi connectivity index (χ2v) is 9.66. The summed E-state index contributed by atoms with van der Waals surface area (Å²) in [6.45, 7) is 6.88. The summed E-state index contributed by atoms with van der Waals surface area (Å²) in [5, 5.41) is 7.46. The van der Waals surface area contributed by atoms with Gasteiger partial charge in [-0.3, -0.25) is 14.3 Å². The molecule has 0 unspecified atom stereocenters. The van der Waals surface area contributed by atoms with Gasteiger partial charge in [0.05, 0.1) is 23.4 Å². The molecule has 4 fully saturated rings. The number of rotatable bonds is 5. The largest absolute Gasteiger partial charge is 0.522 e. The maximum Gasteiger partial charge on any atom is 0.522 e. The maximum absolute atomic E-state index is 12.3. The van der Waals surface area contributed by atoms with E-state index in [0.717, 1.165) is 24.8 Å². The zero-order valence-corrected chi connectivity index (χ0v) is 16.9. The number of nitrogens with zero attached hydrogens (tertiary/aromatic N) is 3. The van der Waals surface area contributed by atoms with Gasteiger partial charge in [0.2, 0.25) is 0 Å². The molecule has 2 heterocycles. The van der Waals surface area contributed by atoms with Crippen LogP contribution in [0.4, 0.5) is 18.0 Å². The normalized spacial score (nSPS) is 31.9. The van der Waals surface area contributed by atoms with E-state index in [1.807, 2.05) is 36.5 Å². The Kier molecular flexibility index (Phi) is 4.65. The molecule has 1 saturated heterocycles. The number of hydrogen-bond acceptors (Lipinski definition) is 5. The van der Waals surface area contributed by atoms with Gasteiger partial charge in [0.25, 0.3) is 0 Å². The fourth-order valence-corrected chi connectivity index (χ4v) is 4.82. The summed E-state index contributed by atoms with van der Waals surface area (Å²) in [4.78, 5) is 14.0. The van der Waals surface area contributed by atoms with E-state index in [2.05, 4.69) is 15.2 Å². The third-order valence-corrected chi connectivity index (χ3v) is 5.83. The number of alkyl halides is 3. The van der Waals surface area contributed by atoms with Crippen molar-refractivity contribution in [3.63, 3.8) is 0 Å². The fourth-order valence-electron chi connectivity index (χ4n) is 4.82. The second-order valence-electron chi connectivity index (χ2n) is 9.66. The van der Waals surface area contributed by atoms with Crippen molar-refractivity contribution in [2.75, 3.05) is 13.1 Å². The Labute approximate surface area is 167 Å². The summed E-state index contributed by atoms with van der Waals surface area (Å²) in [5.74, 6) is 0. The van der Waals surface area contributed by atoms with Gasteiger partial charge in [-0.25, -0.2) is 4.79 Å². The first-order valence-electron chi connectivity index (χ1n) is 9.88. The minimum absolute atomic E-state index is 0.0692. The van der Waals surface area contributed by atoms with E-state index < -0.39 is 24.2 Å². The maximum atomic E-state index is 12.3. The molecule has 5 rings (SSSR count). The molecule has 3 saturated carbocycles. The number of ether oxygens (including phenoxy) is 2. The van der Waals surface area contributed by atoms with E-state index in [0.29, 0.717) is 19.5 Å². The average molecular weight is 416 g/mol. The standard InChI is InChI=1S/C19H27F3N4O3/c1-16(2,3)29-15(27)24-17-10-18(11-17,12-17)26-8-13(6-23-26)7-25-5-4-14(9-25)28-19(20,21)22/h6,8,14H,4-5,7,9-12H2,1-3H3,(H,24,27)/t14-,17?,18?/m0/s1. The van der Waals surface area contributed by atoms with Crippen LogP contribution in [0.2, 0.25) is 0 Å². The predicted octanol–water partition coefficient (Wildman–Crippen LogP) is 3.15. The van der Waals surface area contributed by atoms with E-state index in [1.165, 1.54) is 0 Å². The van der Waals surface area contributed by atoms with Crippen LogP contribution >= 0.6 is 0 Å². The number of nitrogens with one attached hydrogen (secondary N) is 1. The number of hydrogen-bond donors (Lipinski definition) is 1. The Hall–Kier alpha value is -1.81. The quantitative estimate of drug-likeness (QED) is 0.799. The molecule has 1 atom stereocenters. The van der Waals surface area contributed by atoms with E-state index in [-0.39, 0.29) is 17.6 Å². The lowest BCUT2D eigenvalue weighted by atomic mass is 9.44. The van der Waals surface area contributed by atoms with Gasteiger partial charge in [-0.1, -0.05) is 0 Å². The van der Waals surface area contributed by atoms with Crippen LogP contribution in [0, 0.1) is 0 Å². The minimum atomic E-state index is -4.58. The number of halogens is 3. The average Bonchev–Trinajstić information content (AvgIpc) is 3.08. The van der Waals surface area contributed by atoms with Gasteiger partial charge in [0.15, 0.2) is 0 Å². The van der Waals surface area contributed by atoms with Crippen molar-refractivity contribution in [1.82, 2.24) is 20.0 Å². The van der Waals surface area contributed by atoms with Crippen molar-refractivity contribution in [2.45, 2.75) is 82.1 Å². The molecular weight excluding hydrogens is 389 g/mol. The monoisotopic (exact) mass is 416 g/mol. The third-order valence-electron chi connectivity index (χ3n) is 5.83. The predicted molar refractivity (Wildman–Crippen MR) is 97.0 cm³/mol. The Morgan fingerprint density at radius 3 is 2.62 bits per heavy atom. The van der Waals surface area contributed by atoms with Gasteiger partial charge in [-0.15, -0.1) is 13.2 Å². The number of aromatic nitrogens is 2. The highest BCUT2D eigenvalue weighted by Crippen LogP contribution is 2.65. The number of carbonyl (C=O) groups excluding carboxylic acids is 1. The van der Waals surface area contributed by atoms with Crippen LogP contribution in [0.3, 0.4) is 0 Å². The first-order chi connectivity index (χ1) is 13.4. The summed E-state index contributed by atoms with van der Waals surface area (Å²) in [6, 6.07) is 0. The fraction of sp³-hybridized carbons (Fsp3) is 0.789. The summed E-state index contributed by atoms with van der Waals surface area (Å²) >= 11 is 0. The third kappa shape index (κ3) is 4.37. The Morgan fingerprint density at radius 2 is 2.00 bits per heavy atom. The van der Waals surface area contributed by atoms with Crippen molar-refractivity contribution >= 4 is 6.09 Å². The Balaban J connectivity index is 1.26. The van der Waals surface area contributed by atoms with Gasteiger partial charge in [-0.2, -0.15) is 5.10 Å². The van der Waals surface area contributed by atoms with E-state index >= 15 is 0 Å². The van der Waals surface area contributed by atoms with Crippen molar-refractivity contribution in [1.29, 1.82) is 0 Å². The van der Waals surface area contributed by atoms with Gasteiger partial charge in [0.1, 0.15) is 5.60 Å². The number of amides is 1. The summed E-state index contributed by atoms with van der Waals surface area (Å²) in [5.41, 5.74) is 0.171. The zero-order valence-electron chi connectivity index (χ0n) is 16.9. The molecule has 4 aliphatic rings. The molecule has 10 heteroatoms. The highest BCUT2D eigenvalue weighted by atomic mass is 19.4. The van der Waals surface area contributed by atoms with Crippen LogP contribution in [-0.4, -0.2) is 57.5 Å². The molecule has 3 aliphatic carbocycles. The second kappa shape index (κ2) is 6.60. The topological polar surface area (TPSA) is 68.6 Å². The summed E-state index contributed by atoms with van der Waals surface area (Å²) in [7, 11) is 0. The van der Waals surface area contributed by atoms with Gasteiger partial charge < -0.3 is 10.1 Å². The molecule has 0 spiro atoms. The summed E-state index contributed by atoms with van der Waals surface area (Å²) < 4.78 is 48.4. The van der Waals surface area contributed by atoms with Crippen LogP contribution in [-0.2, 0) is 21.6 Å². The van der Waals surface area contributed by atoms with E-state index in [1.54, 1.807) is 6.20 Å². The number of carbonyl (C=O) groups is 1. The van der Waals surface area contributed by atoms with Crippen LogP contribution < -0.4 is 5.32 Å². The van der Waals surface area contributed by atoms with Crippen LogP contribution in [0.1, 0.15) is 52.0 Å². The van der Waals surface area contributed by atoms with E-state index in [9.17, 15) is 18.0 Å². The lowest BCUT2D eigenvalue weighted by molar-refractivity contribution is -0.340. The van der Waals surface area contributed by atoms with Crippen molar-refractivity contribution in [2.24, 2.45) is 0 Å². The van der Waals surface area contributed by atoms with Crippen molar-refractivity contribution in [3.05, 3.63) is 18.0 Å². The zero-order chi connectivity index (χ0) is 21.1. The lowest BCUT2D eigenvalue weighted by Crippen LogP contribution is -2.79. The highest BCUT2D eigenvalue weighted by Gasteiger charge is 2.70. The highest BCUT2D eigenvalue weighted by molar-refractivity contribution is 5.70. The molecule has 1 aliphatic heterocycles. The molecule has 7 nitrogen and oxygen atoms in total. The van der Waals surface area contributed by atoms with Gasteiger partial charge >= 0.3 is 12.5 Å². The molecular formula is C19H27F3N4O3. The van der Waals surface area contributed by atoms with Crippen molar-refractivity contribution in [3.8, 4) is 0 Å². The first-order valence-corrected chi connectivity index (χ1v) is 9.88. The number of likely N-dealkylation sites (tertiary alicyclic amines) is 1. The smallest absolute Gasteiger partial charge is 0.444 e. The van der Waals surface area contributed by atoms with Crippen molar-refractivity contribution < 1.29 is 27.4 Å². The molecule has 1 N–H and O–H groups in total. The number of alkyl carbamates (subject to hydrolysis) is 1. The summed E-state index contributed by atoms with van der Waals surface area (Å²) in [6.07, 6.45) is 0.761. The molecule has 1 aromatic rings. The van der Waals surface area contributed by atoms with Crippen LogP contribution in [0.25, 0.3) is 0 Å². The Morgan fingerprint density at radius 1 is 1.31 bits per heavy atom. The van der Waals surface area contributed by atoms with Gasteiger partial charge in [-0.05, 0) is 46.5 Å². The molecule has 1 aromatic heterocycles. The molecule has 1 amide bonds. The molecule has 0 aromatic carbocycles. The molecule has 2 bridgehead atoms. The van der Waals surface area contributed by atoms with Gasteiger partial charge in [0, 0.05) is 31.4 Å². The van der Waals surface area contributed by atoms with E-state index in [4.69, 9.17) is 4.74 Å². The Bertz CT molecular complexity index is 767. The molecule has 162 valence electrons.